The van der Waals surface area contributed by atoms with Crippen LogP contribution in [0.25, 0.3) is 0 Å². The Morgan fingerprint density at radius 3 is 1.82 bits per heavy atom. The summed E-state index contributed by atoms with van der Waals surface area (Å²) < 4.78 is 10.5. The van der Waals surface area contributed by atoms with Gasteiger partial charge in [-0.15, -0.1) is 0 Å². The minimum Gasteiger partial charge on any atom is -0.462 e. The molecule has 0 radical (unpaired) electrons. The lowest BCUT2D eigenvalue weighted by atomic mass is 9.93. The Hall–Kier alpha value is -1.32. The minimum atomic E-state index is -0.378. The summed E-state index contributed by atoms with van der Waals surface area (Å²) in [6.07, 6.45) is 5.08. The van der Waals surface area contributed by atoms with E-state index in [2.05, 4.69) is 6.92 Å². The number of hydrogen-bond acceptors (Lipinski definition) is 4. The summed E-state index contributed by atoms with van der Waals surface area (Å²) in [7, 11) is 0. The second-order valence-electron chi connectivity index (χ2n) is 5.78. The van der Waals surface area contributed by atoms with Gasteiger partial charge in [0.15, 0.2) is 0 Å². The highest BCUT2D eigenvalue weighted by Crippen LogP contribution is 2.23. The first kappa shape index (κ1) is 20.7. The topological polar surface area (TPSA) is 52.6 Å². The molecule has 0 fully saturated rings. The molecule has 0 amide bonds. The zero-order valence-corrected chi connectivity index (χ0v) is 14.9. The molecule has 0 aliphatic carbocycles. The largest absolute Gasteiger partial charge is 0.462 e. The van der Waals surface area contributed by atoms with E-state index in [1.807, 2.05) is 27.7 Å². The third-order valence-electron chi connectivity index (χ3n) is 3.27. The van der Waals surface area contributed by atoms with Crippen LogP contribution in [0.15, 0.2) is 11.1 Å². The van der Waals surface area contributed by atoms with E-state index in [0.29, 0.717) is 30.8 Å². The molecular formula is C18H32O4. The lowest BCUT2D eigenvalue weighted by molar-refractivity contribution is -0.143. The minimum absolute atomic E-state index is 0.0600. The van der Waals surface area contributed by atoms with Crippen molar-refractivity contribution in [2.75, 3.05) is 13.2 Å². The summed E-state index contributed by atoms with van der Waals surface area (Å²) in [5, 5.41) is 0. The van der Waals surface area contributed by atoms with Gasteiger partial charge >= 0.3 is 11.9 Å². The van der Waals surface area contributed by atoms with Crippen molar-refractivity contribution >= 4 is 11.9 Å². The second kappa shape index (κ2) is 12.2. The van der Waals surface area contributed by atoms with E-state index in [1.165, 1.54) is 0 Å². The van der Waals surface area contributed by atoms with Crippen LogP contribution in [0.1, 0.15) is 73.1 Å². The van der Waals surface area contributed by atoms with E-state index in [-0.39, 0.29) is 17.9 Å². The molecule has 0 saturated carbocycles. The highest BCUT2D eigenvalue weighted by Gasteiger charge is 2.25. The Morgan fingerprint density at radius 1 is 0.818 bits per heavy atom. The Kier molecular flexibility index (Phi) is 11.5. The number of rotatable bonds is 11. The molecule has 22 heavy (non-hydrogen) atoms. The second-order valence-corrected chi connectivity index (χ2v) is 5.78. The van der Waals surface area contributed by atoms with Crippen molar-refractivity contribution in [3.05, 3.63) is 11.1 Å². The van der Waals surface area contributed by atoms with Crippen molar-refractivity contribution in [2.45, 2.75) is 73.1 Å². The number of hydrogen-bond donors (Lipinski definition) is 0. The first-order valence-electron chi connectivity index (χ1n) is 8.56. The fourth-order valence-electron chi connectivity index (χ4n) is 2.16. The van der Waals surface area contributed by atoms with Gasteiger partial charge in [0.1, 0.15) is 0 Å². The maximum Gasteiger partial charge on any atom is 0.334 e. The van der Waals surface area contributed by atoms with Crippen LogP contribution in [0.5, 0.6) is 0 Å². The molecule has 0 aliphatic rings. The Morgan fingerprint density at radius 2 is 1.36 bits per heavy atom. The molecular weight excluding hydrogens is 280 g/mol. The molecule has 4 nitrogen and oxygen atoms in total. The summed E-state index contributed by atoms with van der Waals surface area (Å²) in [5.41, 5.74) is 0.976. The van der Waals surface area contributed by atoms with Crippen molar-refractivity contribution in [3.8, 4) is 0 Å². The van der Waals surface area contributed by atoms with Gasteiger partial charge in [-0.25, -0.2) is 9.59 Å². The van der Waals surface area contributed by atoms with Crippen LogP contribution in [0.2, 0.25) is 0 Å². The van der Waals surface area contributed by atoms with E-state index in [9.17, 15) is 9.59 Å². The van der Waals surface area contributed by atoms with E-state index in [1.54, 1.807) is 0 Å². The van der Waals surface area contributed by atoms with Crippen molar-refractivity contribution in [1.29, 1.82) is 0 Å². The van der Waals surface area contributed by atoms with Crippen LogP contribution in [-0.2, 0) is 19.1 Å². The van der Waals surface area contributed by atoms with Gasteiger partial charge in [-0.2, -0.15) is 0 Å². The number of ether oxygens (including phenoxy) is 2. The molecule has 0 spiro atoms. The average molecular weight is 312 g/mol. The summed E-state index contributed by atoms with van der Waals surface area (Å²) >= 11 is 0. The first-order chi connectivity index (χ1) is 10.5. The van der Waals surface area contributed by atoms with E-state index < -0.39 is 0 Å². The average Bonchev–Trinajstić information content (AvgIpc) is 2.49. The number of carbonyl (C=O) groups is 2. The molecule has 0 aromatic heterocycles. The van der Waals surface area contributed by atoms with E-state index >= 15 is 0 Å². The molecule has 0 N–H and O–H groups in total. The van der Waals surface area contributed by atoms with Crippen LogP contribution in [0, 0.1) is 5.92 Å². The smallest absolute Gasteiger partial charge is 0.334 e. The van der Waals surface area contributed by atoms with Crippen molar-refractivity contribution in [1.82, 2.24) is 0 Å². The standard InChI is InChI=1S/C18H32O4/c1-6-9-10-11-15(17(19)21-12-7-2)16(14(4)5)18(20)22-13-8-3/h14H,6-13H2,1-5H3. The SMILES string of the molecule is CCCCCC(C(=O)OCCC)=C(C(=O)OCCC)C(C)C. The highest BCUT2D eigenvalue weighted by atomic mass is 16.5. The van der Waals surface area contributed by atoms with E-state index in [0.717, 1.165) is 32.1 Å². The Balaban J connectivity index is 5.35. The third kappa shape index (κ3) is 7.62. The van der Waals surface area contributed by atoms with Crippen LogP contribution in [0.4, 0.5) is 0 Å². The van der Waals surface area contributed by atoms with Crippen LogP contribution >= 0.6 is 0 Å². The van der Waals surface area contributed by atoms with E-state index in [4.69, 9.17) is 9.47 Å². The fourth-order valence-corrected chi connectivity index (χ4v) is 2.16. The predicted octanol–water partition coefficient (Wildman–Crippen LogP) is 4.43. The molecule has 0 atom stereocenters. The van der Waals surface area contributed by atoms with Crippen LogP contribution in [-0.4, -0.2) is 25.2 Å². The number of carbonyl (C=O) groups excluding carboxylic acids is 2. The Labute approximate surface area is 135 Å². The molecule has 0 saturated heterocycles. The molecule has 0 rings (SSSR count). The summed E-state index contributed by atoms with van der Waals surface area (Å²) in [4.78, 5) is 24.6. The van der Waals surface area contributed by atoms with Gasteiger partial charge in [0.05, 0.1) is 18.8 Å². The van der Waals surface area contributed by atoms with Crippen molar-refractivity contribution in [3.63, 3.8) is 0 Å². The number of esters is 2. The maximum absolute atomic E-state index is 12.3. The predicted molar refractivity (Wildman–Crippen MR) is 88.5 cm³/mol. The van der Waals surface area contributed by atoms with Gasteiger partial charge in [0.25, 0.3) is 0 Å². The van der Waals surface area contributed by atoms with Gasteiger partial charge in [-0.05, 0) is 31.6 Å². The van der Waals surface area contributed by atoms with Gasteiger partial charge in [0.2, 0.25) is 0 Å². The molecule has 0 aliphatic heterocycles. The van der Waals surface area contributed by atoms with Crippen LogP contribution < -0.4 is 0 Å². The monoisotopic (exact) mass is 312 g/mol. The zero-order chi connectivity index (χ0) is 17.0. The maximum atomic E-state index is 12.3. The first-order valence-corrected chi connectivity index (χ1v) is 8.56. The van der Waals surface area contributed by atoms with Crippen LogP contribution in [0.3, 0.4) is 0 Å². The van der Waals surface area contributed by atoms with Crippen molar-refractivity contribution < 1.29 is 19.1 Å². The lowest BCUT2D eigenvalue weighted by Gasteiger charge is -2.17. The van der Waals surface area contributed by atoms with Gasteiger partial charge in [0, 0.05) is 5.57 Å². The molecule has 0 bridgehead atoms. The van der Waals surface area contributed by atoms with Gasteiger partial charge in [-0.1, -0.05) is 47.5 Å². The quantitative estimate of drug-likeness (QED) is 0.322. The highest BCUT2D eigenvalue weighted by molar-refractivity contribution is 6.00. The normalized spacial score (nSPS) is 12.1. The summed E-state index contributed by atoms with van der Waals surface area (Å²) in [6, 6.07) is 0. The summed E-state index contributed by atoms with van der Waals surface area (Å²) in [5.74, 6) is -0.804. The summed E-state index contributed by atoms with van der Waals surface area (Å²) in [6.45, 7) is 10.6. The van der Waals surface area contributed by atoms with Crippen molar-refractivity contribution in [2.24, 2.45) is 5.92 Å². The zero-order valence-electron chi connectivity index (χ0n) is 14.9. The molecule has 0 heterocycles. The third-order valence-corrected chi connectivity index (χ3v) is 3.27. The molecule has 128 valence electrons. The molecule has 0 aromatic rings. The van der Waals surface area contributed by atoms with Gasteiger partial charge < -0.3 is 9.47 Å². The number of unbranched alkanes of at least 4 members (excludes halogenated alkanes) is 2. The fraction of sp³-hybridized carbons (Fsp3) is 0.778. The molecule has 0 unspecified atom stereocenters. The lowest BCUT2D eigenvalue weighted by Crippen LogP contribution is -2.20. The van der Waals surface area contributed by atoms with Gasteiger partial charge in [-0.3, -0.25) is 0 Å². The Bertz CT molecular complexity index is 369. The molecule has 4 heteroatoms. The molecule has 0 aromatic carbocycles.